The highest BCUT2D eigenvalue weighted by atomic mass is 15.1. The molecule has 0 unspecified atom stereocenters. The summed E-state index contributed by atoms with van der Waals surface area (Å²) in [4.78, 5) is 0. The van der Waals surface area contributed by atoms with Crippen molar-refractivity contribution in [2.24, 2.45) is 0 Å². The fourth-order valence-corrected chi connectivity index (χ4v) is 6.03. The van der Waals surface area contributed by atoms with E-state index in [4.69, 9.17) is 0 Å². The minimum atomic E-state index is 1.18. The standard InChI is InChI=1S/C36H71N2/c1-4-7-9-11-13-15-17-19-21-23-25-27-29-31-36-37(32-6-3)34-35-38(36)33-30-28-26-24-22-20-18-16-14-12-10-8-5-2/h34-35H,4-33H2,1-3H3/q+1. The quantitative estimate of drug-likeness (QED) is 0.0689. The highest BCUT2D eigenvalue weighted by Gasteiger charge is 2.15. The van der Waals surface area contributed by atoms with Crippen LogP contribution in [0.1, 0.15) is 200 Å². The minimum Gasteiger partial charge on any atom is -0.234 e. The van der Waals surface area contributed by atoms with E-state index >= 15 is 0 Å². The number of aryl methyl sites for hydroxylation is 2. The minimum absolute atomic E-state index is 1.18. The first-order valence-corrected chi connectivity index (χ1v) is 17.9. The fraction of sp³-hybridized carbons (Fsp3) is 0.917. The molecule has 38 heavy (non-hydrogen) atoms. The predicted molar refractivity (Wildman–Crippen MR) is 170 cm³/mol. The molecule has 0 saturated heterocycles. The van der Waals surface area contributed by atoms with E-state index in [0.29, 0.717) is 0 Å². The van der Waals surface area contributed by atoms with Gasteiger partial charge in [0.05, 0.1) is 13.1 Å². The number of hydrogen-bond donors (Lipinski definition) is 0. The highest BCUT2D eigenvalue weighted by Crippen LogP contribution is 2.15. The Bertz CT molecular complexity index is 590. The van der Waals surface area contributed by atoms with Crippen molar-refractivity contribution >= 4 is 0 Å². The topological polar surface area (TPSA) is 8.81 Å². The zero-order valence-corrected chi connectivity index (χ0v) is 26.8. The number of hydrogen-bond acceptors (Lipinski definition) is 0. The molecule has 2 nitrogen and oxygen atoms in total. The fourth-order valence-electron chi connectivity index (χ4n) is 6.03. The van der Waals surface area contributed by atoms with Gasteiger partial charge < -0.3 is 0 Å². The van der Waals surface area contributed by atoms with Crippen LogP contribution in [0.3, 0.4) is 0 Å². The van der Waals surface area contributed by atoms with Gasteiger partial charge in [-0.05, 0) is 25.7 Å². The molecular formula is C36H71N2+. The first kappa shape index (κ1) is 35.2. The molecule has 1 aromatic heterocycles. The van der Waals surface area contributed by atoms with Crippen LogP contribution < -0.4 is 4.57 Å². The normalized spacial score (nSPS) is 11.6. The van der Waals surface area contributed by atoms with Gasteiger partial charge in [-0.3, -0.25) is 0 Å². The van der Waals surface area contributed by atoms with E-state index in [9.17, 15) is 0 Å². The van der Waals surface area contributed by atoms with E-state index in [1.54, 1.807) is 5.82 Å². The number of nitrogens with zero attached hydrogens (tertiary/aromatic N) is 2. The Balaban J connectivity index is 2.07. The summed E-state index contributed by atoms with van der Waals surface area (Å²) in [5.41, 5.74) is 0. The second-order valence-corrected chi connectivity index (χ2v) is 12.3. The van der Waals surface area contributed by atoms with Crippen LogP contribution in [-0.2, 0) is 19.5 Å². The number of imidazole rings is 1. The third-order valence-corrected chi connectivity index (χ3v) is 8.56. The summed E-state index contributed by atoms with van der Waals surface area (Å²) in [5.74, 6) is 1.59. The molecule has 2 heteroatoms. The zero-order valence-electron chi connectivity index (χ0n) is 26.8. The van der Waals surface area contributed by atoms with E-state index in [2.05, 4.69) is 42.3 Å². The third kappa shape index (κ3) is 20.2. The van der Waals surface area contributed by atoms with Crippen LogP contribution in [0.5, 0.6) is 0 Å². The lowest BCUT2D eigenvalue weighted by molar-refractivity contribution is -0.703. The van der Waals surface area contributed by atoms with Crippen molar-refractivity contribution in [3.63, 3.8) is 0 Å². The molecule has 0 aliphatic carbocycles. The monoisotopic (exact) mass is 532 g/mol. The first-order chi connectivity index (χ1) is 18.8. The van der Waals surface area contributed by atoms with Gasteiger partial charge >= 0.3 is 0 Å². The molecule has 224 valence electrons. The average molecular weight is 532 g/mol. The van der Waals surface area contributed by atoms with Crippen molar-refractivity contribution in [2.75, 3.05) is 0 Å². The molecular weight excluding hydrogens is 460 g/mol. The summed E-state index contributed by atoms with van der Waals surface area (Å²) in [6.07, 6.45) is 44.6. The van der Waals surface area contributed by atoms with Crippen LogP contribution in [0.4, 0.5) is 0 Å². The number of unbranched alkanes of at least 4 members (excludes halogenated alkanes) is 24. The van der Waals surface area contributed by atoms with Gasteiger partial charge in [0.2, 0.25) is 0 Å². The van der Waals surface area contributed by atoms with Crippen molar-refractivity contribution < 1.29 is 4.57 Å². The summed E-state index contributed by atoms with van der Waals surface area (Å²) in [5, 5.41) is 0. The van der Waals surface area contributed by atoms with Crippen molar-refractivity contribution in [1.29, 1.82) is 0 Å². The lowest BCUT2D eigenvalue weighted by Crippen LogP contribution is -2.37. The Morgan fingerprint density at radius 2 is 0.816 bits per heavy atom. The maximum Gasteiger partial charge on any atom is 0.256 e. The second-order valence-electron chi connectivity index (χ2n) is 12.3. The van der Waals surface area contributed by atoms with Crippen LogP contribution in [-0.4, -0.2) is 4.57 Å². The molecule has 0 saturated carbocycles. The van der Waals surface area contributed by atoms with E-state index in [-0.39, 0.29) is 0 Å². The second kappa shape index (κ2) is 27.8. The first-order valence-electron chi connectivity index (χ1n) is 17.9. The molecule has 0 aliphatic rings. The van der Waals surface area contributed by atoms with Crippen LogP contribution in [0.2, 0.25) is 0 Å². The summed E-state index contributed by atoms with van der Waals surface area (Å²) in [6.45, 7) is 9.33. The molecule has 0 amide bonds. The average Bonchev–Trinajstić information content (AvgIpc) is 3.30. The molecule has 1 aromatic rings. The maximum atomic E-state index is 2.59. The smallest absolute Gasteiger partial charge is 0.234 e. The number of aromatic nitrogens is 2. The molecule has 0 fully saturated rings. The van der Waals surface area contributed by atoms with Crippen LogP contribution >= 0.6 is 0 Å². The van der Waals surface area contributed by atoms with Crippen molar-refractivity contribution in [1.82, 2.24) is 4.57 Å². The molecule has 0 bridgehead atoms. The number of rotatable bonds is 30. The van der Waals surface area contributed by atoms with E-state index in [1.165, 1.54) is 193 Å². The highest BCUT2D eigenvalue weighted by molar-refractivity contribution is 4.84. The van der Waals surface area contributed by atoms with Crippen molar-refractivity contribution in [3.8, 4) is 0 Å². The summed E-state index contributed by atoms with van der Waals surface area (Å²) in [6, 6.07) is 0. The molecule has 0 spiro atoms. The van der Waals surface area contributed by atoms with Gasteiger partial charge in [-0.15, -0.1) is 0 Å². The van der Waals surface area contributed by atoms with Gasteiger partial charge in [0.15, 0.2) is 0 Å². The molecule has 1 heterocycles. The molecule has 0 N–H and O–H groups in total. The van der Waals surface area contributed by atoms with Crippen molar-refractivity contribution in [2.45, 2.75) is 214 Å². The van der Waals surface area contributed by atoms with Crippen LogP contribution in [0, 0.1) is 0 Å². The predicted octanol–water partition coefficient (Wildman–Crippen LogP) is 11.9. The Kier molecular flexibility index (Phi) is 25.7. The Morgan fingerprint density at radius 3 is 1.21 bits per heavy atom. The summed E-state index contributed by atoms with van der Waals surface area (Å²) < 4.78 is 5.14. The lowest BCUT2D eigenvalue weighted by atomic mass is 10.0. The Morgan fingerprint density at radius 1 is 0.447 bits per heavy atom. The molecule has 0 aromatic carbocycles. The van der Waals surface area contributed by atoms with Crippen LogP contribution in [0.25, 0.3) is 0 Å². The molecule has 0 radical (unpaired) electrons. The largest absolute Gasteiger partial charge is 0.256 e. The van der Waals surface area contributed by atoms with E-state index < -0.39 is 0 Å². The van der Waals surface area contributed by atoms with Gasteiger partial charge in [0.1, 0.15) is 12.4 Å². The summed E-state index contributed by atoms with van der Waals surface area (Å²) >= 11 is 0. The van der Waals surface area contributed by atoms with Crippen LogP contribution in [0.15, 0.2) is 12.4 Å². The third-order valence-electron chi connectivity index (χ3n) is 8.56. The Labute approximate surface area is 240 Å². The van der Waals surface area contributed by atoms with Gasteiger partial charge in [-0.2, -0.15) is 0 Å². The molecule has 1 rings (SSSR count). The van der Waals surface area contributed by atoms with Gasteiger partial charge in [0.25, 0.3) is 5.82 Å². The lowest BCUT2D eigenvalue weighted by Gasteiger charge is -2.06. The molecule has 0 aliphatic heterocycles. The van der Waals surface area contributed by atoms with Gasteiger partial charge in [-0.25, -0.2) is 9.13 Å². The zero-order chi connectivity index (χ0) is 27.4. The van der Waals surface area contributed by atoms with Crippen molar-refractivity contribution in [3.05, 3.63) is 18.2 Å². The summed E-state index contributed by atoms with van der Waals surface area (Å²) in [7, 11) is 0. The van der Waals surface area contributed by atoms with Gasteiger partial charge in [-0.1, -0.05) is 168 Å². The van der Waals surface area contributed by atoms with E-state index in [1.807, 2.05) is 0 Å². The van der Waals surface area contributed by atoms with E-state index in [0.717, 1.165) is 0 Å². The maximum absolute atomic E-state index is 2.59. The SMILES string of the molecule is CCCCCCCCCCCCCCCc1n(CCCCCCCCCCCCCCC)cc[n+]1CCC. The van der Waals surface area contributed by atoms with Gasteiger partial charge in [0, 0.05) is 6.42 Å². The Hall–Kier alpha value is -0.790. The molecule has 0 atom stereocenters.